The van der Waals surface area contributed by atoms with Crippen LogP contribution >= 0.6 is 0 Å². The summed E-state index contributed by atoms with van der Waals surface area (Å²) in [5.41, 5.74) is 0.410. The Labute approximate surface area is 211 Å². The Morgan fingerprint density at radius 2 is 1.84 bits per heavy atom. The number of benzene rings is 2. The number of aliphatic hydroxyl groups excluding tert-OH is 1. The molecular formula is C28H24F2N2O5. The number of halogens is 2. The average Bonchev–Trinajstić information content (AvgIpc) is 3.37. The SMILES string of the molecule is COC(=O)[C@@]1(CC(=O)c2c(C)nc3c(OCc4c(F)cccc4F)cccn23)c2ccccc2C[C@H]1O. The van der Waals surface area contributed by atoms with Crippen molar-refractivity contribution >= 4 is 17.4 Å². The van der Waals surface area contributed by atoms with Crippen LogP contribution in [0.4, 0.5) is 8.78 Å². The molecule has 2 heterocycles. The van der Waals surface area contributed by atoms with Gasteiger partial charge in [0.1, 0.15) is 29.4 Å². The second kappa shape index (κ2) is 9.40. The number of aryl methyl sites for hydroxylation is 1. The van der Waals surface area contributed by atoms with Gasteiger partial charge in [-0.3, -0.25) is 14.0 Å². The smallest absolute Gasteiger partial charge is 0.319 e. The molecule has 0 fully saturated rings. The van der Waals surface area contributed by atoms with E-state index in [0.717, 1.165) is 17.7 Å². The van der Waals surface area contributed by atoms with E-state index in [4.69, 9.17) is 9.47 Å². The summed E-state index contributed by atoms with van der Waals surface area (Å²) < 4.78 is 40.4. The zero-order valence-corrected chi connectivity index (χ0v) is 20.2. The number of hydrogen-bond donors (Lipinski definition) is 1. The van der Waals surface area contributed by atoms with Crippen LogP contribution in [0.5, 0.6) is 5.75 Å². The van der Waals surface area contributed by atoms with Crippen LogP contribution in [0.1, 0.15) is 39.3 Å². The number of methoxy groups -OCH3 is 1. The van der Waals surface area contributed by atoms with Crippen LogP contribution in [0.3, 0.4) is 0 Å². The van der Waals surface area contributed by atoms with Gasteiger partial charge in [-0.15, -0.1) is 0 Å². The van der Waals surface area contributed by atoms with Crippen molar-refractivity contribution in [3.63, 3.8) is 0 Å². The first-order valence-electron chi connectivity index (χ1n) is 11.7. The molecule has 0 spiro atoms. The Morgan fingerprint density at radius 3 is 2.57 bits per heavy atom. The monoisotopic (exact) mass is 506 g/mol. The summed E-state index contributed by atoms with van der Waals surface area (Å²) >= 11 is 0. The van der Waals surface area contributed by atoms with Gasteiger partial charge in [-0.05, 0) is 42.3 Å². The van der Waals surface area contributed by atoms with Gasteiger partial charge >= 0.3 is 5.97 Å². The van der Waals surface area contributed by atoms with E-state index in [2.05, 4.69) is 4.98 Å². The summed E-state index contributed by atoms with van der Waals surface area (Å²) in [6.07, 6.45) is 0.353. The standard InChI is InChI=1S/C28H24F2N2O5/c1-16-25(22(33)14-28(27(35)36-2)19-8-4-3-7-17(19)13-24(28)34)32-12-6-11-23(26(32)31-16)37-15-18-20(29)9-5-10-21(18)30/h3-12,24,34H,13-15H2,1-2H3/t24-,28+/m1/s1. The van der Waals surface area contributed by atoms with E-state index in [1.807, 2.05) is 12.1 Å². The Balaban J connectivity index is 1.51. The molecule has 4 aromatic rings. The van der Waals surface area contributed by atoms with Crippen LogP contribution in [-0.2, 0) is 28.0 Å². The maximum absolute atomic E-state index is 14.1. The highest BCUT2D eigenvalue weighted by Gasteiger charge is 2.54. The van der Waals surface area contributed by atoms with Gasteiger partial charge in [0.2, 0.25) is 0 Å². The van der Waals surface area contributed by atoms with Crippen LogP contribution in [0.2, 0.25) is 0 Å². The number of hydrogen-bond acceptors (Lipinski definition) is 6. The fraction of sp³-hybridized carbons (Fsp3) is 0.250. The molecule has 7 nitrogen and oxygen atoms in total. The van der Waals surface area contributed by atoms with Crippen LogP contribution in [0.25, 0.3) is 5.65 Å². The maximum Gasteiger partial charge on any atom is 0.319 e. The molecule has 37 heavy (non-hydrogen) atoms. The molecule has 1 aliphatic carbocycles. The van der Waals surface area contributed by atoms with Gasteiger partial charge in [-0.1, -0.05) is 30.3 Å². The topological polar surface area (TPSA) is 90.1 Å². The van der Waals surface area contributed by atoms with Crippen molar-refractivity contribution in [2.24, 2.45) is 0 Å². The number of carbonyl (C=O) groups excluding carboxylic acids is 2. The molecule has 2 atom stereocenters. The van der Waals surface area contributed by atoms with Crippen molar-refractivity contribution in [2.75, 3.05) is 7.11 Å². The van der Waals surface area contributed by atoms with E-state index >= 15 is 0 Å². The Bertz CT molecular complexity index is 1510. The van der Waals surface area contributed by atoms with Crippen molar-refractivity contribution < 1.29 is 33.0 Å². The normalized spacial score (nSPS) is 18.6. The first-order valence-corrected chi connectivity index (χ1v) is 11.7. The van der Waals surface area contributed by atoms with Crippen LogP contribution < -0.4 is 4.74 Å². The van der Waals surface area contributed by atoms with Gasteiger partial charge < -0.3 is 14.6 Å². The van der Waals surface area contributed by atoms with E-state index < -0.39 is 34.9 Å². The van der Waals surface area contributed by atoms with Gasteiger partial charge in [-0.25, -0.2) is 13.8 Å². The van der Waals surface area contributed by atoms with Gasteiger partial charge in [0.05, 0.1) is 24.5 Å². The van der Waals surface area contributed by atoms with Gasteiger partial charge in [0, 0.05) is 19.0 Å². The van der Waals surface area contributed by atoms with E-state index in [1.54, 1.807) is 37.4 Å². The molecule has 5 rings (SSSR count). The lowest BCUT2D eigenvalue weighted by Crippen LogP contribution is -2.46. The lowest BCUT2D eigenvalue weighted by Gasteiger charge is -2.30. The number of ketones is 1. The molecular weight excluding hydrogens is 482 g/mol. The molecule has 0 saturated heterocycles. The molecule has 9 heteroatoms. The predicted molar refractivity (Wildman–Crippen MR) is 129 cm³/mol. The number of nitrogens with zero attached hydrogens (tertiary/aromatic N) is 2. The zero-order valence-electron chi connectivity index (χ0n) is 20.2. The molecule has 0 bridgehead atoms. The Kier molecular flexibility index (Phi) is 6.25. The number of aliphatic hydroxyl groups is 1. The molecule has 0 aliphatic heterocycles. The van der Waals surface area contributed by atoms with Gasteiger partial charge in [0.15, 0.2) is 17.2 Å². The summed E-state index contributed by atoms with van der Waals surface area (Å²) in [5.74, 6) is -2.36. The number of carbonyl (C=O) groups is 2. The van der Waals surface area contributed by atoms with Crippen LogP contribution in [0.15, 0.2) is 60.8 Å². The fourth-order valence-electron chi connectivity index (χ4n) is 5.17. The average molecular weight is 507 g/mol. The summed E-state index contributed by atoms with van der Waals surface area (Å²) in [6.45, 7) is 1.27. The third-order valence-corrected chi connectivity index (χ3v) is 6.96. The number of aromatic nitrogens is 2. The minimum atomic E-state index is -1.56. The lowest BCUT2D eigenvalue weighted by molar-refractivity contribution is -0.151. The summed E-state index contributed by atoms with van der Waals surface area (Å²) in [4.78, 5) is 31.3. The Morgan fingerprint density at radius 1 is 1.11 bits per heavy atom. The van der Waals surface area contributed by atoms with E-state index in [1.165, 1.54) is 17.6 Å². The summed E-state index contributed by atoms with van der Waals surface area (Å²) in [5, 5.41) is 11.0. The van der Waals surface area contributed by atoms with Gasteiger partial charge in [-0.2, -0.15) is 0 Å². The molecule has 2 aromatic heterocycles. The highest BCUT2D eigenvalue weighted by molar-refractivity contribution is 6.02. The van der Waals surface area contributed by atoms with Gasteiger partial charge in [0.25, 0.3) is 0 Å². The molecule has 0 amide bonds. The van der Waals surface area contributed by atoms with Crippen molar-refractivity contribution in [3.8, 4) is 5.75 Å². The molecule has 0 unspecified atom stereocenters. The lowest BCUT2D eigenvalue weighted by atomic mass is 9.75. The number of pyridine rings is 1. The van der Waals surface area contributed by atoms with E-state index in [0.29, 0.717) is 11.3 Å². The quantitative estimate of drug-likeness (QED) is 0.300. The molecule has 1 aliphatic rings. The Hall–Kier alpha value is -4.11. The molecule has 0 radical (unpaired) electrons. The summed E-state index contributed by atoms with van der Waals surface area (Å²) in [7, 11) is 1.23. The molecule has 1 N–H and O–H groups in total. The highest BCUT2D eigenvalue weighted by Crippen LogP contribution is 2.44. The third-order valence-electron chi connectivity index (χ3n) is 6.96. The number of imidazole rings is 1. The van der Waals surface area contributed by atoms with Crippen molar-refractivity contribution in [1.29, 1.82) is 0 Å². The first-order chi connectivity index (χ1) is 17.8. The minimum absolute atomic E-state index is 0.206. The van der Waals surface area contributed by atoms with E-state index in [9.17, 15) is 23.5 Å². The summed E-state index contributed by atoms with van der Waals surface area (Å²) in [6, 6.07) is 13.9. The van der Waals surface area contributed by atoms with Crippen LogP contribution in [0, 0.1) is 18.6 Å². The largest absolute Gasteiger partial charge is 0.485 e. The molecule has 0 saturated carbocycles. The molecule has 190 valence electrons. The van der Waals surface area contributed by atoms with Crippen LogP contribution in [-0.4, -0.2) is 39.5 Å². The van der Waals surface area contributed by atoms with Crippen molar-refractivity contribution in [3.05, 3.63) is 101 Å². The number of Topliss-reactive ketones (excluding diaryl/α,β-unsaturated/α-hetero) is 1. The fourth-order valence-corrected chi connectivity index (χ4v) is 5.17. The number of ether oxygens (including phenoxy) is 2. The zero-order chi connectivity index (χ0) is 26.3. The van der Waals surface area contributed by atoms with Crippen molar-refractivity contribution in [1.82, 2.24) is 9.38 Å². The van der Waals surface area contributed by atoms with E-state index in [-0.39, 0.29) is 42.1 Å². The molecule has 2 aromatic carbocycles. The minimum Gasteiger partial charge on any atom is -0.485 e. The third kappa shape index (κ3) is 3.95. The predicted octanol–water partition coefficient (Wildman–Crippen LogP) is 4.10. The number of fused-ring (bicyclic) bond motifs is 2. The second-order valence-corrected chi connectivity index (χ2v) is 9.04. The number of rotatable bonds is 7. The first kappa shape index (κ1) is 24.6. The maximum atomic E-state index is 14.1. The second-order valence-electron chi connectivity index (χ2n) is 9.04. The highest BCUT2D eigenvalue weighted by atomic mass is 19.1. The number of esters is 1. The van der Waals surface area contributed by atoms with Crippen molar-refractivity contribution in [2.45, 2.75) is 37.9 Å².